The van der Waals surface area contributed by atoms with E-state index in [1.807, 2.05) is 19.1 Å². The molecule has 5 rings (SSSR count). The van der Waals surface area contributed by atoms with E-state index in [4.69, 9.17) is 18.9 Å². The topological polar surface area (TPSA) is 131 Å². The lowest BCUT2D eigenvalue weighted by Gasteiger charge is -2.25. The molecule has 0 bridgehead atoms. The summed E-state index contributed by atoms with van der Waals surface area (Å²) in [6.45, 7) is 6.01. The number of nitro groups is 1. The van der Waals surface area contributed by atoms with Crippen LogP contribution in [0.3, 0.4) is 0 Å². The molecular formula is C33H30BrN3O8S. The molecule has 238 valence electrons. The third-order valence-corrected chi connectivity index (χ3v) is 8.60. The quantitative estimate of drug-likeness (QED) is 0.114. The molecule has 0 saturated heterocycles. The van der Waals surface area contributed by atoms with Crippen molar-refractivity contribution in [2.75, 3.05) is 20.3 Å². The van der Waals surface area contributed by atoms with E-state index in [1.54, 1.807) is 63.4 Å². The Labute approximate surface area is 276 Å². The van der Waals surface area contributed by atoms with Gasteiger partial charge in [-0.05, 0) is 80.4 Å². The van der Waals surface area contributed by atoms with Gasteiger partial charge in [0, 0.05) is 22.2 Å². The van der Waals surface area contributed by atoms with Gasteiger partial charge in [0.05, 0.1) is 47.1 Å². The van der Waals surface area contributed by atoms with Gasteiger partial charge in [0.1, 0.15) is 12.4 Å². The van der Waals surface area contributed by atoms with E-state index in [2.05, 4.69) is 20.9 Å². The van der Waals surface area contributed by atoms with Crippen molar-refractivity contribution in [2.45, 2.75) is 33.4 Å². The fourth-order valence-corrected chi connectivity index (χ4v) is 6.43. The number of nitrogens with zero attached hydrogens (tertiary/aromatic N) is 3. The molecule has 0 fully saturated rings. The molecule has 0 saturated carbocycles. The Morgan fingerprint density at radius 3 is 2.46 bits per heavy atom. The van der Waals surface area contributed by atoms with Crippen molar-refractivity contribution in [1.82, 2.24) is 4.57 Å². The number of carbonyl (C=O) groups is 1. The minimum absolute atomic E-state index is 0.00753. The van der Waals surface area contributed by atoms with Gasteiger partial charge in [-0.2, -0.15) is 0 Å². The number of hydrogen-bond donors (Lipinski definition) is 0. The van der Waals surface area contributed by atoms with E-state index in [0.717, 1.165) is 10.0 Å². The zero-order valence-electron chi connectivity index (χ0n) is 25.4. The molecule has 3 aromatic carbocycles. The summed E-state index contributed by atoms with van der Waals surface area (Å²) in [5.74, 6) is 0.938. The number of nitro benzene ring substituents is 1. The van der Waals surface area contributed by atoms with Crippen molar-refractivity contribution in [3.8, 4) is 17.2 Å². The van der Waals surface area contributed by atoms with Gasteiger partial charge in [-0.15, -0.1) is 0 Å². The summed E-state index contributed by atoms with van der Waals surface area (Å²) in [4.78, 5) is 43.1. The van der Waals surface area contributed by atoms with Crippen LogP contribution in [0, 0.1) is 10.1 Å². The van der Waals surface area contributed by atoms with Gasteiger partial charge >= 0.3 is 5.97 Å². The molecule has 0 spiro atoms. The molecule has 46 heavy (non-hydrogen) atoms. The van der Waals surface area contributed by atoms with Crippen LogP contribution in [0.5, 0.6) is 17.2 Å². The first kappa shape index (κ1) is 32.6. The Bertz CT molecular complexity index is 2020. The van der Waals surface area contributed by atoms with Crippen molar-refractivity contribution in [2.24, 2.45) is 4.99 Å². The smallest absolute Gasteiger partial charge is 0.338 e. The summed E-state index contributed by atoms with van der Waals surface area (Å²) in [6.07, 6.45) is 1.72. The summed E-state index contributed by atoms with van der Waals surface area (Å²) in [5, 5.41) is 11.0. The number of esters is 1. The Balaban J connectivity index is 1.61. The normalized spacial score (nSPS) is 14.4. The van der Waals surface area contributed by atoms with Crippen molar-refractivity contribution in [1.29, 1.82) is 0 Å². The molecule has 0 unspecified atom stereocenters. The molecule has 1 aliphatic heterocycles. The van der Waals surface area contributed by atoms with Gasteiger partial charge in [-0.25, -0.2) is 9.79 Å². The third-order valence-electron chi connectivity index (χ3n) is 7.12. The fraction of sp³-hybridized carbons (Fsp3) is 0.242. The average molecular weight is 709 g/mol. The first-order valence-electron chi connectivity index (χ1n) is 14.3. The molecule has 0 aliphatic carbocycles. The second kappa shape index (κ2) is 14.1. The number of non-ortho nitro benzene ring substituents is 1. The van der Waals surface area contributed by atoms with Crippen molar-refractivity contribution < 1.29 is 28.7 Å². The number of rotatable bonds is 11. The third kappa shape index (κ3) is 6.75. The molecule has 11 nitrogen and oxygen atoms in total. The summed E-state index contributed by atoms with van der Waals surface area (Å²) in [7, 11) is 1.54. The van der Waals surface area contributed by atoms with Gasteiger partial charge in [0.25, 0.3) is 11.2 Å². The van der Waals surface area contributed by atoms with Crippen LogP contribution in [-0.4, -0.2) is 35.8 Å². The highest BCUT2D eigenvalue weighted by atomic mass is 79.9. The van der Waals surface area contributed by atoms with Crippen molar-refractivity contribution in [3.05, 3.63) is 123 Å². The molecule has 2 heterocycles. The second-order valence-electron chi connectivity index (χ2n) is 10.0. The van der Waals surface area contributed by atoms with E-state index in [-0.39, 0.29) is 30.0 Å². The standard InChI is InChI=1S/C33H30BrN3O8S/c1-5-43-27-16-21(9-13-26(27)42-4)30-29(32(39)44-6-2)19(3)35-33-36(30)31(38)28(46-33)17-22-15-23(34)10-14-25(22)45-18-20-7-11-24(12-8-20)37(40)41/h7-17,30H,5-6,18H2,1-4H3/b28-17-/t30-/m1/s1. The van der Waals surface area contributed by atoms with Gasteiger partial charge in [-0.3, -0.25) is 19.5 Å². The minimum Gasteiger partial charge on any atom is -0.493 e. The zero-order valence-corrected chi connectivity index (χ0v) is 27.8. The predicted octanol–water partition coefficient (Wildman–Crippen LogP) is 5.46. The molecule has 1 atom stereocenters. The molecule has 0 amide bonds. The van der Waals surface area contributed by atoms with Gasteiger partial charge in [-0.1, -0.05) is 33.3 Å². The van der Waals surface area contributed by atoms with E-state index in [0.29, 0.717) is 50.0 Å². The second-order valence-corrected chi connectivity index (χ2v) is 12.0. The summed E-state index contributed by atoms with van der Waals surface area (Å²) in [6, 6.07) is 16.0. The molecular weight excluding hydrogens is 678 g/mol. The van der Waals surface area contributed by atoms with E-state index in [1.165, 1.54) is 28.0 Å². The highest BCUT2D eigenvalue weighted by Crippen LogP contribution is 2.36. The van der Waals surface area contributed by atoms with Gasteiger partial charge in [0.15, 0.2) is 16.3 Å². The maximum atomic E-state index is 14.2. The average Bonchev–Trinajstić information content (AvgIpc) is 3.34. The maximum Gasteiger partial charge on any atom is 0.338 e. The lowest BCUT2D eigenvalue weighted by molar-refractivity contribution is -0.384. The highest BCUT2D eigenvalue weighted by Gasteiger charge is 2.34. The molecule has 0 radical (unpaired) electrons. The number of aromatic nitrogens is 1. The monoisotopic (exact) mass is 707 g/mol. The molecule has 4 aromatic rings. The largest absolute Gasteiger partial charge is 0.493 e. The SMILES string of the molecule is CCOC(=O)C1=C(C)N=c2s/c(=C\c3cc(Br)ccc3OCc3ccc([N+](=O)[O-])cc3)c(=O)n2[C@@H]1c1ccc(OC)c(OCC)c1. The minimum atomic E-state index is -0.831. The summed E-state index contributed by atoms with van der Waals surface area (Å²) < 4.78 is 25.4. The number of benzene rings is 3. The van der Waals surface area contributed by atoms with Gasteiger partial charge < -0.3 is 18.9 Å². The van der Waals surface area contributed by atoms with Crippen LogP contribution in [0.15, 0.2) is 86.2 Å². The number of halogens is 1. The Morgan fingerprint density at radius 1 is 1.04 bits per heavy atom. The van der Waals surface area contributed by atoms with E-state index in [9.17, 15) is 19.7 Å². The van der Waals surface area contributed by atoms with Gasteiger partial charge in [0.2, 0.25) is 0 Å². The van der Waals surface area contributed by atoms with Crippen LogP contribution in [0.2, 0.25) is 0 Å². The summed E-state index contributed by atoms with van der Waals surface area (Å²) >= 11 is 4.70. The van der Waals surface area contributed by atoms with Crippen LogP contribution in [0.1, 0.15) is 43.5 Å². The number of hydrogen-bond acceptors (Lipinski definition) is 10. The number of ether oxygens (including phenoxy) is 4. The Kier molecular flexibility index (Phi) is 10.0. The van der Waals surface area contributed by atoms with Crippen LogP contribution in [-0.2, 0) is 16.1 Å². The molecule has 1 aliphatic rings. The number of allylic oxidation sites excluding steroid dienone is 1. The molecule has 13 heteroatoms. The van der Waals surface area contributed by atoms with Crippen molar-refractivity contribution in [3.63, 3.8) is 0 Å². The number of fused-ring (bicyclic) bond motifs is 1. The molecule has 0 N–H and O–H groups in total. The number of thiazole rings is 1. The lowest BCUT2D eigenvalue weighted by atomic mass is 9.95. The zero-order chi connectivity index (χ0) is 33.0. The maximum absolute atomic E-state index is 14.2. The number of carbonyl (C=O) groups excluding carboxylic acids is 1. The van der Waals surface area contributed by atoms with Crippen LogP contribution in [0.25, 0.3) is 6.08 Å². The first-order chi connectivity index (χ1) is 22.1. The van der Waals surface area contributed by atoms with Crippen LogP contribution >= 0.6 is 27.3 Å². The highest BCUT2D eigenvalue weighted by molar-refractivity contribution is 9.10. The summed E-state index contributed by atoms with van der Waals surface area (Å²) in [5.41, 5.74) is 2.34. The Hall–Kier alpha value is -4.75. The van der Waals surface area contributed by atoms with E-state index >= 15 is 0 Å². The fourth-order valence-electron chi connectivity index (χ4n) is 5.02. The van der Waals surface area contributed by atoms with Crippen LogP contribution < -0.4 is 29.1 Å². The predicted molar refractivity (Wildman–Crippen MR) is 176 cm³/mol. The number of methoxy groups -OCH3 is 1. The first-order valence-corrected chi connectivity index (χ1v) is 15.9. The van der Waals surface area contributed by atoms with E-state index < -0.39 is 16.9 Å². The van der Waals surface area contributed by atoms with Crippen LogP contribution in [0.4, 0.5) is 5.69 Å². The lowest BCUT2D eigenvalue weighted by Crippen LogP contribution is -2.40. The Morgan fingerprint density at radius 2 is 1.78 bits per heavy atom. The van der Waals surface area contributed by atoms with Crippen molar-refractivity contribution >= 4 is 45.0 Å². The molecule has 1 aromatic heterocycles.